The standard InChI is InChI=1S/C25H26N4O4S2/c1-17(2)14-19-6-9-22(35(31,32)28-25(30)33-3)21(15-19)20-7-4-18(5-8-20)16-29-12-10-26-23(29)24-27-11-13-34-24/h4-13,15,17H,14,16H2,1-3H3,(H,28,30). The van der Waals surface area contributed by atoms with Crippen LogP contribution in [0.4, 0.5) is 4.79 Å². The molecule has 10 heteroatoms. The van der Waals surface area contributed by atoms with Crippen LogP contribution in [-0.2, 0) is 27.7 Å². The van der Waals surface area contributed by atoms with Gasteiger partial charge >= 0.3 is 6.09 Å². The Morgan fingerprint density at radius 1 is 1.09 bits per heavy atom. The maximum Gasteiger partial charge on any atom is 0.420 e. The molecule has 0 spiro atoms. The van der Waals surface area contributed by atoms with Gasteiger partial charge in [-0.25, -0.2) is 27.9 Å². The number of hydrogen-bond acceptors (Lipinski definition) is 7. The zero-order valence-corrected chi connectivity index (χ0v) is 21.3. The predicted molar refractivity (Wildman–Crippen MR) is 136 cm³/mol. The fourth-order valence-corrected chi connectivity index (χ4v) is 5.57. The minimum absolute atomic E-state index is 0.0174. The van der Waals surface area contributed by atoms with Gasteiger partial charge in [-0.2, -0.15) is 0 Å². The van der Waals surface area contributed by atoms with E-state index in [9.17, 15) is 13.2 Å². The van der Waals surface area contributed by atoms with Gasteiger partial charge in [0.05, 0.1) is 12.0 Å². The van der Waals surface area contributed by atoms with Crippen molar-refractivity contribution >= 4 is 27.5 Å². The Morgan fingerprint density at radius 2 is 1.83 bits per heavy atom. The van der Waals surface area contributed by atoms with Crippen molar-refractivity contribution in [1.82, 2.24) is 19.3 Å². The largest absolute Gasteiger partial charge is 0.452 e. The monoisotopic (exact) mass is 510 g/mol. The van der Waals surface area contributed by atoms with Crippen LogP contribution in [-0.4, -0.2) is 36.2 Å². The zero-order valence-electron chi connectivity index (χ0n) is 19.6. The van der Waals surface area contributed by atoms with Gasteiger partial charge in [-0.1, -0.05) is 44.2 Å². The summed E-state index contributed by atoms with van der Waals surface area (Å²) in [4.78, 5) is 20.4. The molecule has 1 amide bonds. The molecule has 35 heavy (non-hydrogen) atoms. The quantitative estimate of drug-likeness (QED) is 0.359. The minimum Gasteiger partial charge on any atom is -0.452 e. The van der Waals surface area contributed by atoms with Crippen LogP contribution in [0.2, 0.25) is 0 Å². The third-order valence-corrected chi connectivity index (χ3v) is 7.48. The number of amides is 1. The first-order valence-corrected chi connectivity index (χ1v) is 13.4. The van der Waals surface area contributed by atoms with Crippen LogP contribution in [0.1, 0.15) is 25.0 Å². The number of nitrogens with zero attached hydrogens (tertiary/aromatic N) is 3. The molecule has 1 N–H and O–H groups in total. The van der Waals surface area contributed by atoms with Crippen LogP contribution in [0.25, 0.3) is 22.0 Å². The number of nitrogens with one attached hydrogen (secondary N) is 1. The summed E-state index contributed by atoms with van der Waals surface area (Å²) in [5.41, 5.74) is 3.30. The van der Waals surface area contributed by atoms with Crippen LogP contribution in [0.3, 0.4) is 0 Å². The summed E-state index contributed by atoms with van der Waals surface area (Å²) in [6, 6.07) is 12.9. The van der Waals surface area contributed by atoms with Crippen molar-refractivity contribution < 1.29 is 17.9 Å². The fraction of sp³-hybridized carbons (Fsp3) is 0.240. The Bertz CT molecular complexity index is 1410. The molecule has 2 heterocycles. The Hall–Kier alpha value is -3.50. The van der Waals surface area contributed by atoms with Crippen molar-refractivity contribution in [2.45, 2.75) is 31.7 Å². The molecular weight excluding hydrogens is 484 g/mol. The van der Waals surface area contributed by atoms with Gasteiger partial charge in [0, 0.05) is 36.1 Å². The van der Waals surface area contributed by atoms with Crippen molar-refractivity contribution in [3.05, 3.63) is 77.6 Å². The lowest BCUT2D eigenvalue weighted by Gasteiger charge is -2.15. The second-order valence-corrected chi connectivity index (χ2v) is 11.0. The number of methoxy groups -OCH3 is 1. The van der Waals surface area contributed by atoms with Gasteiger partial charge in [0.1, 0.15) is 0 Å². The highest BCUT2D eigenvalue weighted by molar-refractivity contribution is 7.90. The molecular formula is C25H26N4O4S2. The third-order valence-electron chi connectivity index (χ3n) is 5.34. The molecule has 0 bridgehead atoms. The normalized spacial score (nSPS) is 11.5. The second kappa shape index (κ2) is 10.4. The number of benzene rings is 2. The first kappa shape index (κ1) is 24.6. The van der Waals surface area contributed by atoms with Gasteiger partial charge in [-0.05, 0) is 41.2 Å². The van der Waals surface area contributed by atoms with E-state index in [1.165, 1.54) is 17.4 Å². The smallest absolute Gasteiger partial charge is 0.420 e. The lowest BCUT2D eigenvalue weighted by atomic mass is 9.97. The molecule has 0 aliphatic rings. The molecule has 0 aliphatic carbocycles. The van der Waals surface area contributed by atoms with Crippen LogP contribution in [0.15, 0.2) is 71.3 Å². The summed E-state index contributed by atoms with van der Waals surface area (Å²) in [6.07, 6.45) is 5.17. The van der Waals surface area contributed by atoms with E-state index in [1.807, 2.05) is 51.2 Å². The van der Waals surface area contributed by atoms with Crippen molar-refractivity contribution in [2.75, 3.05) is 7.11 Å². The maximum atomic E-state index is 12.9. The van der Waals surface area contributed by atoms with Gasteiger partial charge in [0.2, 0.25) is 0 Å². The Balaban J connectivity index is 1.67. The first-order chi connectivity index (χ1) is 16.8. The maximum absolute atomic E-state index is 12.9. The van der Waals surface area contributed by atoms with Crippen molar-refractivity contribution in [1.29, 1.82) is 0 Å². The Morgan fingerprint density at radius 3 is 2.49 bits per heavy atom. The van der Waals surface area contributed by atoms with Crippen molar-refractivity contribution in [2.24, 2.45) is 5.92 Å². The summed E-state index contributed by atoms with van der Waals surface area (Å²) in [5.74, 6) is 1.20. The topological polar surface area (TPSA) is 103 Å². The highest BCUT2D eigenvalue weighted by Gasteiger charge is 2.23. The molecule has 0 saturated carbocycles. The van der Waals surface area contributed by atoms with E-state index in [0.29, 0.717) is 18.0 Å². The zero-order chi connectivity index (χ0) is 25.0. The predicted octanol–water partition coefficient (Wildman–Crippen LogP) is 4.97. The number of carbonyl (C=O) groups excluding carboxylic acids is 1. The van der Waals surface area contributed by atoms with E-state index in [4.69, 9.17) is 0 Å². The van der Waals surface area contributed by atoms with Gasteiger partial charge in [-0.15, -0.1) is 11.3 Å². The molecule has 8 nitrogen and oxygen atoms in total. The van der Waals surface area contributed by atoms with Crippen LogP contribution < -0.4 is 4.72 Å². The SMILES string of the molecule is COC(=O)NS(=O)(=O)c1ccc(CC(C)C)cc1-c1ccc(Cn2ccnc2-c2nccs2)cc1. The lowest BCUT2D eigenvalue weighted by Crippen LogP contribution is -2.30. The van der Waals surface area contributed by atoms with Gasteiger partial charge < -0.3 is 9.30 Å². The third kappa shape index (κ3) is 5.77. The summed E-state index contributed by atoms with van der Waals surface area (Å²) in [6.45, 7) is 4.81. The van der Waals surface area contributed by atoms with Gasteiger partial charge in [0.25, 0.3) is 10.0 Å². The molecule has 0 saturated heterocycles. The lowest BCUT2D eigenvalue weighted by molar-refractivity contribution is 0.177. The van der Waals surface area contributed by atoms with Gasteiger partial charge in [0.15, 0.2) is 10.8 Å². The fourth-order valence-electron chi connectivity index (χ4n) is 3.80. The average Bonchev–Trinajstić information content (AvgIpc) is 3.50. The van der Waals surface area contributed by atoms with E-state index in [2.05, 4.69) is 28.6 Å². The van der Waals surface area contributed by atoms with Crippen LogP contribution in [0.5, 0.6) is 0 Å². The second-order valence-electron chi connectivity index (χ2n) is 8.44. The summed E-state index contributed by atoms with van der Waals surface area (Å²) >= 11 is 1.53. The number of hydrogen-bond donors (Lipinski definition) is 1. The Labute approximate surface area is 208 Å². The van der Waals surface area contributed by atoms with Crippen molar-refractivity contribution in [3.8, 4) is 22.0 Å². The molecule has 0 unspecified atom stereocenters. The molecule has 0 aliphatic heterocycles. The van der Waals surface area contributed by atoms with E-state index >= 15 is 0 Å². The van der Waals surface area contributed by atoms with Gasteiger partial charge in [-0.3, -0.25) is 0 Å². The van der Waals surface area contributed by atoms with E-state index in [0.717, 1.165) is 41.1 Å². The molecule has 2 aromatic heterocycles. The summed E-state index contributed by atoms with van der Waals surface area (Å²) in [5, 5.41) is 2.76. The number of sulfonamides is 1. The van der Waals surface area contributed by atoms with E-state index in [-0.39, 0.29) is 4.90 Å². The average molecular weight is 511 g/mol. The molecule has 182 valence electrons. The molecule has 4 aromatic rings. The number of carbonyl (C=O) groups is 1. The minimum atomic E-state index is -4.12. The number of rotatable bonds is 8. The molecule has 4 rings (SSSR count). The van der Waals surface area contributed by atoms with E-state index < -0.39 is 16.1 Å². The van der Waals surface area contributed by atoms with Crippen LogP contribution in [0, 0.1) is 5.92 Å². The molecule has 2 aromatic carbocycles. The number of imidazole rings is 1. The highest BCUT2D eigenvalue weighted by Crippen LogP contribution is 2.30. The molecule has 0 fully saturated rings. The van der Waals surface area contributed by atoms with E-state index in [1.54, 1.807) is 18.5 Å². The molecule has 0 atom stereocenters. The first-order valence-electron chi connectivity index (χ1n) is 11.0. The Kier molecular flexibility index (Phi) is 7.32. The summed E-state index contributed by atoms with van der Waals surface area (Å²) < 4.78 is 34.3. The summed E-state index contributed by atoms with van der Waals surface area (Å²) in [7, 11) is -3.00. The number of ether oxygens (including phenoxy) is 1. The number of aromatic nitrogens is 3. The molecule has 0 radical (unpaired) electrons. The highest BCUT2D eigenvalue weighted by atomic mass is 32.2. The number of thiazole rings is 1. The van der Waals surface area contributed by atoms with Crippen LogP contribution >= 0.6 is 11.3 Å². The van der Waals surface area contributed by atoms with Crippen molar-refractivity contribution in [3.63, 3.8) is 0 Å².